The monoisotopic (exact) mass is 307 g/mol. The summed E-state index contributed by atoms with van der Waals surface area (Å²) in [5.74, 6) is 1.93. The topological polar surface area (TPSA) is 47.9 Å². The molecule has 0 radical (unpaired) electrons. The summed E-state index contributed by atoms with van der Waals surface area (Å²) in [4.78, 5) is 12.8. The molecule has 0 spiro atoms. The molecular weight excluding hydrogens is 294 g/mol. The Hall–Kier alpha value is -1.49. The largest absolute Gasteiger partial charge is 0.437 e. The van der Waals surface area contributed by atoms with Crippen LogP contribution in [-0.2, 0) is 6.42 Å². The molecule has 18 heavy (non-hydrogen) atoms. The minimum absolute atomic E-state index is 0.523. The van der Waals surface area contributed by atoms with Gasteiger partial charge in [-0.15, -0.1) is 0 Å². The molecule has 2 rings (SSSR count). The second-order valence-electron chi connectivity index (χ2n) is 3.93. The van der Waals surface area contributed by atoms with Gasteiger partial charge >= 0.3 is 0 Å². The molecule has 0 aliphatic carbocycles. The van der Waals surface area contributed by atoms with E-state index in [0.717, 1.165) is 23.6 Å². The van der Waals surface area contributed by atoms with E-state index in [1.54, 1.807) is 6.07 Å². The van der Waals surface area contributed by atoms with Crippen molar-refractivity contribution >= 4 is 15.9 Å². The van der Waals surface area contributed by atoms with Gasteiger partial charge in [0.05, 0.1) is 5.69 Å². The summed E-state index contributed by atoms with van der Waals surface area (Å²) in [6.45, 7) is 5.84. The number of aryl methyl sites for hydroxylation is 3. The van der Waals surface area contributed by atoms with Crippen LogP contribution in [0.15, 0.2) is 22.8 Å². The lowest BCUT2D eigenvalue weighted by Gasteiger charge is -2.09. The van der Waals surface area contributed by atoms with Crippen LogP contribution in [0.5, 0.6) is 11.6 Å². The highest BCUT2D eigenvalue weighted by Gasteiger charge is 2.07. The molecule has 0 atom stereocenters. The van der Waals surface area contributed by atoms with Gasteiger partial charge in [0.1, 0.15) is 10.4 Å². The summed E-state index contributed by atoms with van der Waals surface area (Å²) in [5.41, 5.74) is 1.92. The van der Waals surface area contributed by atoms with Crippen molar-refractivity contribution in [3.63, 3.8) is 0 Å². The van der Waals surface area contributed by atoms with Crippen LogP contribution in [0.2, 0.25) is 0 Å². The molecule has 0 aromatic carbocycles. The van der Waals surface area contributed by atoms with Crippen molar-refractivity contribution in [3.05, 3.63) is 40.0 Å². The number of aromatic nitrogens is 3. The first-order valence-corrected chi connectivity index (χ1v) is 6.53. The molecule has 0 saturated heterocycles. The summed E-state index contributed by atoms with van der Waals surface area (Å²) in [7, 11) is 0. The number of ether oxygens (including phenoxy) is 1. The number of hydrogen-bond acceptors (Lipinski definition) is 4. The maximum Gasteiger partial charge on any atom is 0.223 e. The van der Waals surface area contributed by atoms with Gasteiger partial charge in [-0.2, -0.15) is 4.98 Å². The fourth-order valence-corrected chi connectivity index (χ4v) is 2.07. The Kier molecular flexibility index (Phi) is 3.91. The quantitative estimate of drug-likeness (QED) is 0.813. The normalized spacial score (nSPS) is 10.4. The average Bonchev–Trinajstić information content (AvgIpc) is 2.30. The first-order chi connectivity index (χ1) is 8.58. The van der Waals surface area contributed by atoms with E-state index in [4.69, 9.17) is 4.74 Å². The van der Waals surface area contributed by atoms with E-state index in [0.29, 0.717) is 16.3 Å². The van der Waals surface area contributed by atoms with Crippen LogP contribution in [0.25, 0.3) is 0 Å². The van der Waals surface area contributed by atoms with Crippen LogP contribution in [0.4, 0.5) is 0 Å². The third kappa shape index (κ3) is 3.04. The van der Waals surface area contributed by atoms with E-state index >= 15 is 0 Å². The Balaban J connectivity index is 2.33. The second kappa shape index (κ2) is 5.44. The molecule has 2 aromatic heterocycles. The third-order valence-corrected chi connectivity index (χ3v) is 2.81. The summed E-state index contributed by atoms with van der Waals surface area (Å²) < 4.78 is 6.48. The highest BCUT2D eigenvalue weighted by molar-refractivity contribution is 9.10. The lowest BCUT2D eigenvalue weighted by Crippen LogP contribution is -1.98. The molecule has 0 aliphatic rings. The molecule has 0 N–H and O–H groups in total. The SMILES string of the molecule is CCc1nc(C)ccc1Oc1cc(Br)nc(C)n1. The number of rotatable bonds is 3. The molecule has 0 saturated carbocycles. The van der Waals surface area contributed by atoms with Gasteiger partial charge in [0.25, 0.3) is 0 Å². The van der Waals surface area contributed by atoms with E-state index < -0.39 is 0 Å². The summed E-state index contributed by atoms with van der Waals surface area (Å²) in [5, 5.41) is 0. The lowest BCUT2D eigenvalue weighted by molar-refractivity contribution is 0.450. The van der Waals surface area contributed by atoms with Crippen LogP contribution in [0.3, 0.4) is 0 Å². The van der Waals surface area contributed by atoms with E-state index in [2.05, 4.69) is 37.8 Å². The van der Waals surface area contributed by atoms with Crippen LogP contribution in [0.1, 0.15) is 24.1 Å². The van der Waals surface area contributed by atoms with Crippen LogP contribution < -0.4 is 4.74 Å². The summed E-state index contributed by atoms with van der Waals surface area (Å²) >= 11 is 3.33. The molecule has 0 unspecified atom stereocenters. The predicted octanol–water partition coefficient (Wildman–Crippen LogP) is 3.61. The molecule has 94 valence electrons. The molecule has 0 fully saturated rings. The summed E-state index contributed by atoms with van der Waals surface area (Å²) in [6.07, 6.45) is 0.822. The molecule has 0 amide bonds. The van der Waals surface area contributed by atoms with Crippen LogP contribution >= 0.6 is 15.9 Å². The van der Waals surface area contributed by atoms with Gasteiger partial charge in [0.2, 0.25) is 5.88 Å². The molecule has 0 bridgehead atoms. The van der Waals surface area contributed by atoms with Crippen LogP contribution in [-0.4, -0.2) is 15.0 Å². The fraction of sp³-hybridized carbons (Fsp3) is 0.308. The van der Waals surface area contributed by atoms with Gasteiger partial charge in [-0.05, 0) is 48.3 Å². The van der Waals surface area contributed by atoms with Crippen LogP contribution in [0, 0.1) is 13.8 Å². The maximum absolute atomic E-state index is 5.77. The zero-order chi connectivity index (χ0) is 13.1. The fourth-order valence-electron chi connectivity index (χ4n) is 1.61. The van der Waals surface area contributed by atoms with Crippen molar-refractivity contribution in [1.29, 1.82) is 0 Å². The smallest absolute Gasteiger partial charge is 0.223 e. The van der Waals surface area contributed by atoms with Gasteiger partial charge in [0, 0.05) is 11.8 Å². The van der Waals surface area contributed by atoms with E-state index in [1.165, 1.54) is 0 Å². The van der Waals surface area contributed by atoms with Gasteiger partial charge in [-0.1, -0.05) is 6.92 Å². The van der Waals surface area contributed by atoms with Gasteiger partial charge in [-0.25, -0.2) is 4.98 Å². The van der Waals surface area contributed by atoms with Gasteiger partial charge < -0.3 is 4.74 Å². The number of nitrogens with zero attached hydrogens (tertiary/aromatic N) is 3. The van der Waals surface area contributed by atoms with Crippen molar-refractivity contribution in [3.8, 4) is 11.6 Å². The molecular formula is C13H14BrN3O. The predicted molar refractivity (Wildman–Crippen MR) is 72.9 cm³/mol. The molecule has 0 aliphatic heterocycles. The van der Waals surface area contributed by atoms with Gasteiger partial charge in [-0.3, -0.25) is 4.98 Å². The molecule has 2 aromatic rings. The van der Waals surface area contributed by atoms with Crippen molar-refractivity contribution < 1.29 is 4.74 Å². The Morgan fingerprint density at radius 1 is 1.17 bits per heavy atom. The minimum atomic E-state index is 0.523. The lowest BCUT2D eigenvalue weighted by atomic mass is 10.2. The number of pyridine rings is 1. The Morgan fingerprint density at radius 2 is 1.94 bits per heavy atom. The first kappa shape index (κ1) is 13.0. The first-order valence-electron chi connectivity index (χ1n) is 5.74. The second-order valence-corrected chi connectivity index (χ2v) is 4.74. The maximum atomic E-state index is 5.77. The molecule has 5 heteroatoms. The Labute approximate surface area is 115 Å². The summed E-state index contributed by atoms with van der Waals surface area (Å²) in [6, 6.07) is 5.59. The zero-order valence-electron chi connectivity index (χ0n) is 10.6. The van der Waals surface area contributed by atoms with Gasteiger partial charge in [0.15, 0.2) is 5.75 Å². The highest BCUT2D eigenvalue weighted by atomic mass is 79.9. The van der Waals surface area contributed by atoms with Crippen molar-refractivity contribution in [2.75, 3.05) is 0 Å². The Morgan fingerprint density at radius 3 is 2.61 bits per heavy atom. The average molecular weight is 308 g/mol. The van der Waals surface area contributed by atoms with E-state index in [-0.39, 0.29) is 0 Å². The third-order valence-electron chi connectivity index (χ3n) is 2.40. The Bertz CT molecular complexity index is 552. The van der Waals surface area contributed by atoms with E-state index in [1.807, 2.05) is 26.0 Å². The molecule has 4 nitrogen and oxygen atoms in total. The van der Waals surface area contributed by atoms with E-state index in [9.17, 15) is 0 Å². The number of halogens is 1. The highest BCUT2D eigenvalue weighted by Crippen LogP contribution is 2.25. The van der Waals surface area contributed by atoms with Crippen molar-refractivity contribution in [2.24, 2.45) is 0 Å². The molecule has 2 heterocycles. The number of hydrogen-bond donors (Lipinski definition) is 0. The zero-order valence-corrected chi connectivity index (χ0v) is 12.2. The minimum Gasteiger partial charge on any atom is -0.437 e. The standard InChI is InChI=1S/C13H14BrN3O/c1-4-10-11(6-5-8(2)15-10)18-13-7-12(14)16-9(3)17-13/h5-7H,4H2,1-3H3. The van der Waals surface area contributed by atoms with Crippen molar-refractivity contribution in [1.82, 2.24) is 15.0 Å². The van der Waals surface area contributed by atoms with Crippen molar-refractivity contribution in [2.45, 2.75) is 27.2 Å².